The van der Waals surface area contributed by atoms with Gasteiger partial charge in [0, 0.05) is 44.5 Å². The van der Waals surface area contributed by atoms with E-state index in [1.807, 2.05) is 0 Å². The minimum Gasteiger partial charge on any atom is -0.407 e. The van der Waals surface area contributed by atoms with Gasteiger partial charge in [-0.15, -0.1) is 0 Å². The predicted molar refractivity (Wildman–Crippen MR) is 89.6 cm³/mol. The van der Waals surface area contributed by atoms with Crippen molar-refractivity contribution in [3.63, 3.8) is 0 Å². The minimum atomic E-state index is -2.26. The summed E-state index contributed by atoms with van der Waals surface area (Å²) in [6.45, 7) is 1.85. The molecule has 0 bridgehead atoms. The summed E-state index contributed by atoms with van der Waals surface area (Å²) in [5.41, 5.74) is 0.397. The molecule has 0 unspecified atom stereocenters. The molecule has 1 fully saturated rings. The maximum Gasteiger partial charge on any atom is 0.410 e. The number of carbonyl (C=O) groups is 3. The third kappa shape index (κ3) is 5.30. The zero-order valence-corrected chi connectivity index (χ0v) is 14.8. The van der Waals surface area contributed by atoms with Gasteiger partial charge in [-0.1, -0.05) is 11.6 Å². The van der Waals surface area contributed by atoms with E-state index in [1.54, 1.807) is 0 Å². The Morgan fingerprint density at radius 1 is 1.38 bits per heavy atom. The summed E-state index contributed by atoms with van der Waals surface area (Å²) in [6.07, 6.45) is -1.12. The summed E-state index contributed by atoms with van der Waals surface area (Å²) in [7, 11) is 0. The first-order valence-electron chi connectivity index (χ1n) is 7.87. The number of carbonyl (C=O) groups excluding carboxylic acids is 3. The second kappa shape index (κ2) is 8.33. The highest BCUT2D eigenvalue weighted by atomic mass is 35.5. The van der Waals surface area contributed by atoms with Crippen LogP contribution in [-0.4, -0.2) is 53.3 Å². The van der Waals surface area contributed by atoms with Gasteiger partial charge in [0.2, 0.25) is 5.91 Å². The van der Waals surface area contributed by atoms with E-state index in [4.69, 9.17) is 16.3 Å². The number of nitrogens with one attached hydrogen (secondary N) is 2. The fraction of sp³-hybridized carbons (Fsp3) is 0.438. The Balaban J connectivity index is 1.85. The molecule has 1 heterocycles. The van der Waals surface area contributed by atoms with Crippen LogP contribution in [0.4, 0.5) is 9.18 Å². The molecular weight excluding hydrogens is 369 g/mol. The molecule has 0 spiro atoms. The lowest BCUT2D eigenvalue weighted by Gasteiger charge is -2.22. The van der Waals surface area contributed by atoms with Crippen molar-refractivity contribution in [2.24, 2.45) is 0 Å². The van der Waals surface area contributed by atoms with Gasteiger partial charge >= 0.3 is 6.09 Å². The predicted octanol–water partition coefficient (Wildman–Crippen LogP) is 0.762. The van der Waals surface area contributed by atoms with Crippen molar-refractivity contribution in [2.45, 2.75) is 25.7 Å². The van der Waals surface area contributed by atoms with E-state index < -0.39 is 23.6 Å². The van der Waals surface area contributed by atoms with Crippen LogP contribution in [0, 0.1) is 5.82 Å². The summed E-state index contributed by atoms with van der Waals surface area (Å²) >= 11 is 5.72. The largest absolute Gasteiger partial charge is 0.410 e. The van der Waals surface area contributed by atoms with E-state index in [9.17, 15) is 23.9 Å². The Morgan fingerprint density at radius 3 is 2.77 bits per heavy atom. The average Bonchev–Trinajstić information content (AvgIpc) is 2.80. The number of rotatable bonds is 6. The normalized spacial score (nSPS) is 19.4. The quantitative estimate of drug-likeness (QED) is 0.625. The molecule has 1 atom stereocenters. The first-order valence-corrected chi connectivity index (χ1v) is 8.25. The number of ether oxygens (including phenoxy) is 1. The average molecular weight is 388 g/mol. The molecule has 1 aromatic rings. The molecule has 2 rings (SSSR count). The number of likely N-dealkylation sites (tertiary alicyclic amines) is 1. The Hall–Kier alpha value is -2.39. The molecule has 142 valence electrons. The SMILES string of the molecule is CC(=O)NCCN1CC[C@](O)(OC(=O)NCc2cc(F)cc(Cl)c2)C1=O. The third-order valence-corrected chi connectivity index (χ3v) is 3.94. The first-order chi connectivity index (χ1) is 12.2. The van der Waals surface area contributed by atoms with Gasteiger partial charge in [0.15, 0.2) is 0 Å². The summed E-state index contributed by atoms with van der Waals surface area (Å²) in [4.78, 5) is 36.2. The molecule has 1 aromatic carbocycles. The number of benzene rings is 1. The van der Waals surface area contributed by atoms with Crippen LogP contribution < -0.4 is 10.6 Å². The van der Waals surface area contributed by atoms with Crippen LogP contribution >= 0.6 is 11.6 Å². The Bertz CT molecular complexity index is 697. The Kier molecular flexibility index (Phi) is 6.38. The van der Waals surface area contributed by atoms with E-state index in [1.165, 1.54) is 24.0 Å². The lowest BCUT2D eigenvalue weighted by atomic mass is 10.2. The zero-order chi connectivity index (χ0) is 19.3. The van der Waals surface area contributed by atoms with Crippen LogP contribution in [0.25, 0.3) is 0 Å². The molecule has 1 aliphatic rings. The lowest BCUT2D eigenvalue weighted by molar-refractivity contribution is -0.182. The van der Waals surface area contributed by atoms with Crippen LogP contribution in [0.3, 0.4) is 0 Å². The fourth-order valence-electron chi connectivity index (χ4n) is 2.49. The molecule has 3 amide bonds. The number of aliphatic hydroxyl groups is 1. The van der Waals surface area contributed by atoms with Crippen LogP contribution in [0.2, 0.25) is 5.02 Å². The van der Waals surface area contributed by atoms with Gasteiger partial charge in [0.25, 0.3) is 11.7 Å². The molecule has 1 aliphatic heterocycles. The monoisotopic (exact) mass is 387 g/mol. The highest BCUT2D eigenvalue weighted by Gasteiger charge is 2.48. The van der Waals surface area contributed by atoms with E-state index in [2.05, 4.69) is 10.6 Å². The molecule has 8 nitrogen and oxygen atoms in total. The maximum absolute atomic E-state index is 13.2. The molecular formula is C16H19ClFN3O5. The summed E-state index contributed by atoms with van der Waals surface area (Å²) in [5.74, 6) is -3.81. The van der Waals surface area contributed by atoms with Crippen molar-refractivity contribution in [3.8, 4) is 0 Å². The number of hydrogen-bond acceptors (Lipinski definition) is 5. The third-order valence-electron chi connectivity index (χ3n) is 3.72. The van der Waals surface area contributed by atoms with Crippen molar-refractivity contribution in [1.82, 2.24) is 15.5 Å². The topological polar surface area (TPSA) is 108 Å². The van der Waals surface area contributed by atoms with E-state index in [0.29, 0.717) is 5.56 Å². The summed E-state index contributed by atoms with van der Waals surface area (Å²) in [5, 5.41) is 15.3. The molecule has 0 aliphatic carbocycles. The van der Waals surface area contributed by atoms with Crippen LogP contribution in [0.5, 0.6) is 0 Å². The van der Waals surface area contributed by atoms with Gasteiger partial charge in [-0.2, -0.15) is 0 Å². The van der Waals surface area contributed by atoms with Gasteiger partial charge in [-0.05, 0) is 23.8 Å². The molecule has 0 radical (unpaired) electrons. The van der Waals surface area contributed by atoms with E-state index in [-0.39, 0.29) is 43.5 Å². The van der Waals surface area contributed by atoms with Gasteiger partial charge in [-0.3, -0.25) is 9.59 Å². The number of nitrogens with zero attached hydrogens (tertiary/aromatic N) is 1. The van der Waals surface area contributed by atoms with Crippen molar-refractivity contribution in [3.05, 3.63) is 34.6 Å². The summed E-state index contributed by atoms with van der Waals surface area (Å²) < 4.78 is 18.1. The standard InChI is InChI=1S/C16H19ClFN3O5/c1-10(22)19-3-5-21-4-2-16(25,14(21)23)26-15(24)20-9-11-6-12(17)8-13(18)7-11/h6-8,25H,2-5,9H2,1H3,(H,19,22)(H,20,24)/t16-/m0/s1. The summed E-state index contributed by atoms with van der Waals surface area (Å²) in [6, 6.07) is 3.77. The second-order valence-corrected chi connectivity index (χ2v) is 6.27. The lowest BCUT2D eigenvalue weighted by Crippen LogP contribution is -2.47. The van der Waals surface area contributed by atoms with Crippen LogP contribution in [0.1, 0.15) is 18.9 Å². The second-order valence-electron chi connectivity index (χ2n) is 5.83. The minimum absolute atomic E-state index is 0.0904. The van der Waals surface area contributed by atoms with Gasteiger partial charge in [0.05, 0.1) is 0 Å². The van der Waals surface area contributed by atoms with E-state index >= 15 is 0 Å². The van der Waals surface area contributed by atoms with Crippen molar-refractivity contribution in [2.75, 3.05) is 19.6 Å². The molecule has 1 saturated heterocycles. The number of alkyl carbamates (subject to hydrolysis) is 1. The smallest absolute Gasteiger partial charge is 0.407 e. The van der Waals surface area contributed by atoms with Crippen LogP contribution in [0.15, 0.2) is 18.2 Å². The molecule has 26 heavy (non-hydrogen) atoms. The van der Waals surface area contributed by atoms with Crippen molar-refractivity contribution < 1.29 is 28.6 Å². The zero-order valence-electron chi connectivity index (χ0n) is 14.1. The van der Waals surface area contributed by atoms with Crippen LogP contribution in [-0.2, 0) is 20.9 Å². The molecule has 10 heteroatoms. The Labute approximate surface area is 154 Å². The molecule has 0 saturated carbocycles. The van der Waals surface area contributed by atoms with Gasteiger partial charge in [-0.25, -0.2) is 9.18 Å². The van der Waals surface area contributed by atoms with Crippen molar-refractivity contribution >= 4 is 29.5 Å². The van der Waals surface area contributed by atoms with Crippen molar-refractivity contribution in [1.29, 1.82) is 0 Å². The first kappa shape index (κ1) is 19.9. The molecule has 0 aromatic heterocycles. The van der Waals surface area contributed by atoms with E-state index in [0.717, 1.165) is 6.07 Å². The number of hydrogen-bond donors (Lipinski definition) is 3. The number of amides is 3. The maximum atomic E-state index is 13.2. The fourth-order valence-corrected chi connectivity index (χ4v) is 2.74. The van der Waals surface area contributed by atoms with Gasteiger partial charge < -0.3 is 25.4 Å². The Morgan fingerprint density at radius 2 is 2.12 bits per heavy atom. The highest BCUT2D eigenvalue weighted by molar-refractivity contribution is 6.30. The highest BCUT2D eigenvalue weighted by Crippen LogP contribution is 2.24. The molecule has 3 N–H and O–H groups in total. The van der Waals surface area contributed by atoms with Gasteiger partial charge in [0.1, 0.15) is 5.82 Å². The number of halogens is 2.